The first-order valence-electron chi connectivity index (χ1n) is 7.47. The van der Waals surface area contributed by atoms with Crippen molar-refractivity contribution >= 4 is 17.2 Å². The number of hydrogen-bond donors (Lipinski definition) is 1. The van der Waals surface area contributed by atoms with Crippen LogP contribution < -0.4 is 5.73 Å². The van der Waals surface area contributed by atoms with E-state index in [1.54, 1.807) is 0 Å². The van der Waals surface area contributed by atoms with Crippen molar-refractivity contribution in [1.29, 1.82) is 0 Å². The van der Waals surface area contributed by atoms with Crippen LogP contribution in [0, 0.1) is 0 Å². The van der Waals surface area contributed by atoms with Gasteiger partial charge in [-0.2, -0.15) is 0 Å². The molecular formula is C16H23N3S. The third kappa shape index (κ3) is 2.73. The molecule has 2 bridgehead atoms. The van der Waals surface area contributed by atoms with Crippen LogP contribution in [0.3, 0.4) is 0 Å². The van der Waals surface area contributed by atoms with Crippen LogP contribution in [0.2, 0.25) is 0 Å². The quantitative estimate of drug-likeness (QED) is 0.863. The maximum Gasteiger partial charge on any atom is 0.104 e. The number of rotatable bonds is 3. The number of benzene rings is 1. The van der Waals surface area contributed by atoms with E-state index in [4.69, 9.17) is 18.0 Å². The molecule has 2 heterocycles. The average Bonchev–Trinajstić information content (AvgIpc) is 2.67. The van der Waals surface area contributed by atoms with Gasteiger partial charge in [-0.1, -0.05) is 36.5 Å². The van der Waals surface area contributed by atoms with Crippen molar-refractivity contribution in [3.8, 4) is 0 Å². The molecule has 20 heavy (non-hydrogen) atoms. The molecule has 0 spiro atoms. The molecule has 1 aromatic carbocycles. The van der Waals surface area contributed by atoms with Gasteiger partial charge in [0.2, 0.25) is 0 Å². The Hall–Kier alpha value is -0.970. The zero-order valence-electron chi connectivity index (χ0n) is 12.1. The Kier molecular flexibility index (Phi) is 4.06. The van der Waals surface area contributed by atoms with Crippen molar-refractivity contribution in [2.24, 2.45) is 5.73 Å². The molecular weight excluding hydrogens is 266 g/mol. The van der Waals surface area contributed by atoms with Gasteiger partial charge in [-0.15, -0.1) is 0 Å². The standard InChI is InChI=1S/C16H23N3S/c1-18-13-6-7-14(18)11-19(9-8-13)10-12-4-2-3-5-15(12)16(17)20/h2-5,13-14H,6-11H2,1H3,(H2,17,20). The molecule has 4 heteroatoms. The van der Waals surface area contributed by atoms with Crippen molar-refractivity contribution < 1.29 is 0 Å². The van der Waals surface area contributed by atoms with Crippen LogP contribution in [0.25, 0.3) is 0 Å². The molecule has 2 aliphatic rings. The summed E-state index contributed by atoms with van der Waals surface area (Å²) in [5.41, 5.74) is 8.13. The molecule has 0 aromatic heterocycles. The number of hydrogen-bond acceptors (Lipinski definition) is 3. The molecule has 2 aliphatic heterocycles. The van der Waals surface area contributed by atoms with Gasteiger partial charge in [0, 0.05) is 37.3 Å². The summed E-state index contributed by atoms with van der Waals surface area (Å²) in [7, 11) is 2.29. The highest BCUT2D eigenvalue weighted by molar-refractivity contribution is 7.80. The molecule has 3 rings (SSSR count). The van der Waals surface area contributed by atoms with E-state index in [2.05, 4.69) is 29.0 Å². The lowest BCUT2D eigenvalue weighted by atomic mass is 10.0. The van der Waals surface area contributed by atoms with Gasteiger partial charge in [0.15, 0.2) is 0 Å². The van der Waals surface area contributed by atoms with Gasteiger partial charge < -0.3 is 5.73 Å². The van der Waals surface area contributed by atoms with E-state index in [0.717, 1.165) is 24.2 Å². The second kappa shape index (κ2) is 5.80. The highest BCUT2D eigenvalue weighted by atomic mass is 32.1. The van der Waals surface area contributed by atoms with Gasteiger partial charge in [-0.05, 0) is 31.9 Å². The Labute approximate surface area is 126 Å². The minimum atomic E-state index is 0.508. The minimum Gasteiger partial charge on any atom is -0.389 e. The van der Waals surface area contributed by atoms with Crippen LogP contribution >= 0.6 is 12.2 Å². The van der Waals surface area contributed by atoms with Crippen LogP contribution in [-0.4, -0.2) is 47.0 Å². The molecule has 3 nitrogen and oxygen atoms in total. The first-order valence-corrected chi connectivity index (χ1v) is 7.88. The lowest BCUT2D eigenvalue weighted by Crippen LogP contribution is -2.36. The summed E-state index contributed by atoms with van der Waals surface area (Å²) in [5, 5.41) is 0. The number of likely N-dealkylation sites (N-methyl/N-ethyl adjacent to an activating group) is 1. The van der Waals surface area contributed by atoms with E-state index in [1.807, 2.05) is 12.1 Å². The van der Waals surface area contributed by atoms with Gasteiger partial charge in [0.25, 0.3) is 0 Å². The molecule has 2 saturated heterocycles. The molecule has 1 aromatic rings. The van der Waals surface area contributed by atoms with E-state index in [1.165, 1.54) is 37.9 Å². The fraction of sp³-hybridized carbons (Fsp3) is 0.562. The van der Waals surface area contributed by atoms with Gasteiger partial charge in [-0.3, -0.25) is 9.80 Å². The maximum atomic E-state index is 5.84. The summed E-state index contributed by atoms with van der Waals surface area (Å²) in [4.78, 5) is 5.66. The molecule has 0 amide bonds. The second-order valence-corrected chi connectivity index (χ2v) is 6.54. The number of fused-ring (bicyclic) bond motifs is 2. The Morgan fingerprint density at radius 1 is 1.25 bits per heavy atom. The van der Waals surface area contributed by atoms with Crippen LogP contribution in [0.1, 0.15) is 30.4 Å². The molecule has 0 saturated carbocycles. The summed E-state index contributed by atoms with van der Waals surface area (Å²) < 4.78 is 0. The van der Waals surface area contributed by atoms with Crippen LogP contribution in [0.15, 0.2) is 24.3 Å². The third-order valence-electron chi connectivity index (χ3n) is 4.91. The fourth-order valence-electron chi connectivity index (χ4n) is 3.66. The molecule has 0 radical (unpaired) electrons. The number of likely N-dealkylation sites (tertiary alicyclic amines) is 1. The summed E-state index contributed by atoms with van der Waals surface area (Å²) in [6.07, 6.45) is 4.00. The van der Waals surface area contributed by atoms with E-state index < -0.39 is 0 Å². The van der Waals surface area contributed by atoms with Gasteiger partial charge in [0.1, 0.15) is 4.99 Å². The normalized spacial score (nSPS) is 27.4. The lowest BCUT2D eigenvalue weighted by Gasteiger charge is -2.26. The highest BCUT2D eigenvalue weighted by Crippen LogP contribution is 2.29. The predicted molar refractivity (Wildman–Crippen MR) is 86.8 cm³/mol. The topological polar surface area (TPSA) is 32.5 Å². The van der Waals surface area contributed by atoms with Crippen molar-refractivity contribution in [2.45, 2.75) is 37.9 Å². The molecule has 2 unspecified atom stereocenters. The SMILES string of the molecule is CN1C2CCC1CN(Cc1ccccc1C(N)=S)CC2. The summed E-state index contributed by atoms with van der Waals surface area (Å²) >= 11 is 5.17. The van der Waals surface area contributed by atoms with Crippen LogP contribution in [-0.2, 0) is 6.54 Å². The average molecular weight is 289 g/mol. The monoisotopic (exact) mass is 289 g/mol. The van der Waals surface area contributed by atoms with E-state index in [0.29, 0.717) is 4.99 Å². The first-order chi connectivity index (χ1) is 9.65. The Balaban J connectivity index is 1.74. The van der Waals surface area contributed by atoms with Gasteiger partial charge in [-0.25, -0.2) is 0 Å². The Bertz CT molecular complexity index is 502. The molecule has 0 aliphatic carbocycles. The van der Waals surface area contributed by atoms with Crippen molar-refractivity contribution in [1.82, 2.24) is 9.80 Å². The summed E-state index contributed by atoms with van der Waals surface area (Å²) in [6, 6.07) is 9.79. The minimum absolute atomic E-state index is 0.508. The number of nitrogens with two attached hydrogens (primary N) is 1. The number of thiocarbonyl (C=S) groups is 1. The van der Waals surface area contributed by atoms with Gasteiger partial charge >= 0.3 is 0 Å². The molecule has 2 N–H and O–H groups in total. The second-order valence-electron chi connectivity index (χ2n) is 6.10. The zero-order chi connectivity index (χ0) is 14.1. The largest absolute Gasteiger partial charge is 0.389 e. The number of nitrogens with zero attached hydrogens (tertiary/aromatic N) is 2. The highest BCUT2D eigenvalue weighted by Gasteiger charge is 2.34. The van der Waals surface area contributed by atoms with Crippen LogP contribution in [0.4, 0.5) is 0 Å². The molecule has 2 atom stereocenters. The molecule has 108 valence electrons. The summed E-state index contributed by atoms with van der Waals surface area (Å²) in [5.74, 6) is 0. The van der Waals surface area contributed by atoms with Crippen molar-refractivity contribution in [3.05, 3.63) is 35.4 Å². The van der Waals surface area contributed by atoms with Gasteiger partial charge in [0.05, 0.1) is 0 Å². The lowest BCUT2D eigenvalue weighted by molar-refractivity contribution is 0.214. The Morgan fingerprint density at radius 2 is 2.00 bits per heavy atom. The van der Waals surface area contributed by atoms with E-state index in [9.17, 15) is 0 Å². The van der Waals surface area contributed by atoms with Crippen molar-refractivity contribution in [3.63, 3.8) is 0 Å². The smallest absolute Gasteiger partial charge is 0.104 e. The predicted octanol–water partition coefficient (Wildman–Crippen LogP) is 1.99. The molecule has 2 fully saturated rings. The van der Waals surface area contributed by atoms with E-state index in [-0.39, 0.29) is 0 Å². The Morgan fingerprint density at radius 3 is 2.80 bits per heavy atom. The fourth-order valence-corrected chi connectivity index (χ4v) is 3.86. The van der Waals surface area contributed by atoms with Crippen molar-refractivity contribution in [2.75, 3.05) is 20.1 Å². The van der Waals surface area contributed by atoms with Crippen LogP contribution in [0.5, 0.6) is 0 Å². The first kappa shape index (κ1) is 14.0. The third-order valence-corrected chi connectivity index (χ3v) is 5.13. The van der Waals surface area contributed by atoms with E-state index >= 15 is 0 Å². The zero-order valence-corrected chi connectivity index (χ0v) is 12.9. The summed E-state index contributed by atoms with van der Waals surface area (Å²) in [6.45, 7) is 3.31. The maximum absolute atomic E-state index is 5.84.